The number of phenolic OH excluding ortho intramolecular Hbond substituents is 1. The van der Waals surface area contributed by atoms with E-state index in [-0.39, 0.29) is 28.5 Å². The van der Waals surface area contributed by atoms with Gasteiger partial charge in [-0.2, -0.15) is 18.3 Å². The van der Waals surface area contributed by atoms with Crippen molar-refractivity contribution in [1.29, 1.82) is 0 Å². The van der Waals surface area contributed by atoms with Crippen molar-refractivity contribution in [2.45, 2.75) is 51.4 Å². The lowest BCUT2D eigenvalue weighted by Gasteiger charge is -2.35. The van der Waals surface area contributed by atoms with Crippen molar-refractivity contribution in [3.8, 4) is 17.0 Å². The van der Waals surface area contributed by atoms with Gasteiger partial charge in [0.2, 0.25) is 0 Å². The minimum Gasteiger partial charge on any atom is -0.507 e. The molecule has 0 bridgehead atoms. The molecule has 4 rings (SSSR count). The number of phenols is 1. The third-order valence-electron chi connectivity index (χ3n) is 5.19. The second-order valence-corrected chi connectivity index (χ2v) is 8.01. The Hall–Kier alpha value is -2.68. The number of benzene rings is 1. The minimum absolute atomic E-state index is 0.152. The van der Waals surface area contributed by atoms with E-state index in [1.807, 2.05) is 24.7 Å². The summed E-state index contributed by atoms with van der Waals surface area (Å²) in [6.45, 7) is 6.21. The van der Waals surface area contributed by atoms with Crippen molar-refractivity contribution in [2.24, 2.45) is 0 Å². The molecule has 1 N–H and O–H groups in total. The van der Waals surface area contributed by atoms with Gasteiger partial charge >= 0.3 is 6.18 Å². The van der Waals surface area contributed by atoms with Crippen molar-refractivity contribution in [3.63, 3.8) is 0 Å². The van der Waals surface area contributed by atoms with E-state index in [2.05, 4.69) is 15.1 Å². The fourth-order valence-corrected chi connectivity index (χ4v) is 3.82. The van der Waals surface area contributed by atoms with E-state index in [1.165, 1.54) is 13.1 Å². The number of fused-ring (bicyclic) bond motifs is 1. The van der Waals surface area contributed by atoms with Crippen LogP contribution in [0.3, 0.4) is 0 Å². The predicted molar refractivity (Wildman–Crippen MR) is 100 cm³/mol. The standard InChI is InChI=1S/C20H21F3N4O2/c1-11-6-12(20(21,22)23)7-16(28)17(11)14-9-24-15-10-27(26-18(15)25-14)13-4-5-29-19(2,3)8-13/h6-7,9-10,13,28H,4-5,8H2,1-3H3/t13-/m1/s1. The molecule has 3 heterocycles. The zero-order valence-electron chi connectivity index (χ0n) is 16.3. The van der Waals surface area contributed by atoms with Crippen LogP contribution in [-0.4, -0.2) is 37.1 Å². The maximum absolute atomic E-state index is 13.0. The fraction of sp³-hybridized carbons (Fsp3) is 0.450. The highest BCUT2D eigenvalue weighted by Gasteiger charge is 2.33. The number of aromatic nitrogens is 4. The molecular weight excluding hydrogens is 385 g/mol. The van der Waals surface area contributed by atoms with Gasteiger partial charge < -0.3 is 9.84 Å². The number of hydrogen-bond acceptors (Lipinski definition) is 5. The molecule has 6 nitrogen and oxygen atoms in total. The SMILES string of the molecule is Cc1cc(C(F)(F)F)cc(O)c1-c1cnc2cn([C@@H]3CCOC(C)(C)C3)nc2n1. The summed E-state index contributed by atoms with van der Waals surface area (Å²) in [4.78, 5) is 8.80. The van der Waals surface area contributed by atoms with Crippen molar-refractivity contribution in [2.75, 3.05) is 6.61 Å². The van der Waals surface area contributed by atoms with Gasteiger partial charge in [-0.25, -0.2) is 9.97 Å². The summed E-state index contributed by atoms with van der Waals surface area (Å²) in [5, 5.41) is 14.8. The Morgan fingerprint density at radius 1 is 1.28 bits per heavy atom. The number of aromatic hydroxyl groups is 1. The summed E-state index contributed by atoms with van der Waals surface area (Å²) in [5.74, 6) is -0.489. The molecule has 1 saturated heterocycles. The quantitative estimate of drug-likeness (QED) is 0.670. The van der Waals surface area contributed by atoms with Gasteiger partial charge in [-0.15, -0.1) is 0 Å². The summed E-state index contributed by atoms with van der Waals surface area (Å²) in [7, 11) is 0. The number of hydrogen-bond donors (Lipinski definition) is 1. The highest BCUT2D eigenvalue weighted by atomic mass is 19.4. The molecule has 9 heteroatoms. The molecule has 2 aromatic heterocycles. The molecule has 0 saturated carbocycles. The van der Waals surface area contributed by atoms with Crippen molar-refractivity contribution < 1.29 is 23.0 Å². The Morgan fingerprint density at radius 3 is 2.69 bits per heavy atom. The number of alkyl halides is 3. The second-order valence-electron chi connectivity index (χ2n) is 8.01. The first-order valence-corrected chi connectivity index (χ1v) is 9.30. The van der Waals surface area contributed by atoms with Crippen LogP contribution in [0.2, 0.25) is 0 Å². The van der Waals surface area contributed by atoms with Crippen LogP contribution in [0.25, 0.3) is 22.4 Å². The average Bonchev–Trinajstić information content (AvgIpc) is 3.03. The molecule has 0 unspecified atom stereocenters. The van der Waals surface area contributed by atoms with Crippen molar-refractivity contribution in [1.82, 2.24) is 19.7 Å². The van der Waals surface area contributed by atoms with E-state index in [0.717, 1.165) is 18.9 Å². The molecule has 1 aromatic carbocycles. The maximum Gasteiger partial charge on any atom is 0.416 e. The van der Waals surface area contributed by atoms with Crippen LogP contribution in [0, 0.1) is 6.92 Å². The number of ether oxygens (including phenoxy) is 1. The number of rotatable bonds is 2. The molecule has 0 radical (unpaired) electrons. The van der Waals surface area contributed by atoms with Gasteiger partial charge in [0.05, 0.1) is 35.3 Å². The van der Waals surface area contributed by atoms with E-state index in [0.29, 0.717) is 23.8 Å². The van der Waals surface area contributed by atoms with Crippen LogP contribution >= 0.6 is 0 Å². The Labute approximate surface area is 165 Å². The summed E-state index contributed by atoms with van der Waals surface area (Å²) < 4.78 is 46.5. The monoisotopic (exact) mass is 406 g/mol. The summed E-state index contributed by atoms with van der Waals surface area (Å²) in [6, 6.07) is 1.85. The summed E-state index contributed by atoms with van der Waals surface area (Å²) in [6.07, 6.45) is 0.345. The van der Waals surface area contributed by atoms with Crippen LogP contribution in [0.1, 0.15) is 43.9 Å². The lowest BCUT2D eigenvalue weighted by Crippen LogP contribution is -2.35. The van der Waals surface area contributed by atoms with Crippen LogP contribution in [0.4, 0.5) is 13.2 Å². The third kappa shape index (κ3) is 3.78. The van der Waals surface area contributed by atoms with Gasteiger partial charge in [-0.05, 0) is 51.3 Å². The molecule has 154 valence electrons. The van der Waals surface area contributed by atoms with Gasteiger partial charge in [0.15, 0.2) is 5.65 Å². The first kappa shape index (κ1) is 19.6. The molecule has 3 aromatic rings. The fourth-order valence-electron chi connectivity index (χ4n) is 3.82. The molecule has 1 aliphatic heterocycles. The first-order chi connectivity index (χ1) is 13.5. The van der Waals surface area contributed by atoms with Crippen LogP contribution in [0.15, 0.2) is 24.5 Å². The average molecular weight is 406 g/mol. The third-order valence-corrected chi connectivity index (χ3v) is 5.19. The molecule has 0 aliphatic carbocycles. The van der Waals surface area contributed by atoms with Gasteiger partial charge in [0, 0.05) is 12.2 Å². The molecular formula is C20H21F3N4O2. The largest absolute Gasteiger partial charge is 0.507 e. The Bertz CT molecular complexity index is 1050. The lowest BCUT2D eigenvalue weighted by molar-refractivity contribution is -0.137. The van der Waals surface area contributed by atoms with E-state index >= 15 is 0 Å². The van der Waals surface area contributed by atoms with Gasteiger partial charge in [0.25, 0.3) is 0 Å². The van der Waals surface area contributed by atoms with Crippen molar-refractivity contribution in [3.05, 3.63) is 35.7 Å². The van der Waals surface area contributed by atoms with Gasteiger partial charge in [-0.3, -0.25) is 4.68 Å². The van der Waals surface area contributed by atoms with Gasteiger partial charge in [0.1, 0.15) is 11.3 Å². The highest BCUT2D eigenvalue weighted by molar-refractivity contribution is 5.77. The van der Waals surface area contributed by atoms with E-state index in [9.17, 15) is 18.3 Å². The van der Waals surface area contributed by atoms with Gasteiger partial charge in [-0.1, -0.05) is 0 Å². The molecule has 0 amide bonds. The molecule has 1 atom stereocenters. The Morgan fingerprint density at radius 2 is 2.03 bits per heavy atom. The zero-order chi connectivity index (χ0) is 21.0. The molecule has 1 aliphatic rings. The maximum atomic E-state index is 13.0. The molecule has 29 heavy (non-hydrogen) atoms. The number of nitrogens with zero attached hydrogens (tertiary/aromatic N) is 4. The topological polar surface area (TPSA) is 73.1 Å². The van der Waals surface area contributed by atoms with E-state index < -0.39 is 17.5 Å². The zero-order valence-corrected chi connectivity index (χ0v) is 16.3. The van der Waals surface area contributed by atoms with Crippen molar-refractivity contribution >= 4 is 11.2 Å². The van der Waals surface area contributed by atoms with E-state index in [4.69, 9.17) is 4.74 Å². The van der Waals surface area contributed by atoms with Crippen LogP contribution in [-0.2, 0) is 10.9 Å². The first-order valence-electron chi connectivity index (χ1n) is 9.30. The normalized spacial score (nSPS) is 19.6. The minimum atomic E-state index is -4.54. The highest BCUT2D eigenvalue weighted by Crippen LogP contribution is 2.38. The number of aryl methyl sites for hydroxylation is 1. The number of halogens is 3. The second kappa shape index (κ2) is 6.69. The Balaban J connectivity index is 1.72. The summed E-state index contributed by atoms with van der Waals surface area (Å²) >= 11 is 0. The predicted octanol–water partition coefficient (Wildman–Crippen LogP) is 4.66. The smallest absolute Gasteiger partial charge is 0.416 e. The lowest BCUT2D eigenvalue weighted by atomic mass is 9.94. The van der Waals surface area contributed by atoms with E-state index in [1.54, 1.807) is 0 Å². The summed E-state index contributed by atoms with van der Waals surface area (Å²) in [5.41, 5.74) is 0.574. The van der Waals surface area contributed by atoms with Crippen LogP contribution in [0.5, 0.6) is 5.75 Å². The molecule has 1 fully saturated rings. The molecule has 0 spiro atoms. The Kier molecular flexibility index (Phi) is 4.53. The van der Waals surface area contributed by atoms with Crippen LogP contribution < -0.4 is 0 Å².